The topological polar surface area (TPSA) is 59.0 Å². The summed E-state index contributed by atoms with van der Waals surface area (Å²) >= 11 is 0. The fraction of sp³-hybridized carbons (Fsp3) is 0.316. The summed E-state index contributed by atoms with van der Waals surface area (Å²) in [7, 11) is -3.34. The molecule has 6 heteroatoms. The number of piperidine rings is 1. The molecule has 4 rings (SSSR count). The molecular weight excluding hydrogens is 336 g/mol. The van der Waals surface area contributed by atoms with Crippen LogP contribution in [-0.2, 0) is 10.0 Å². The maximum absolute atomic E-state index is 12.0. The summed E-state index contributed by atoms with van der Waals surface area (Å²) in [6.45, 7) is 1.42. The van der Waals surface area contributed by atoms with E-state index in [1.807, 2.05) is 54.6 Å². The first-order valence-electron chi connectivity index (χ1n) is 8.51. The molecule has 0 bridgehead atoms. The average molecular weight is 356 g/mol. The summed E-state index contributed by atoms with van der Waals surface area (Å²) in [6, 6.07) is 17.5. The van der Waals surface area contributed by atoms with Crippen LogP contribution in [0.2, 0.25) is 0 Å². The van der Waals surface area contributed by atoms with Crippen LogP contribution in [0.3, 0.4) is 0 Å². The summed E-state index contributed by atoms with van der Waals surface area (Å²) in [4.78, 5) is 2.11. The molecule has 0 radical (unpaired) electrons. The number of fused-ring (bicyclic) bond motifs is 1. The fourth-order valence-electron chi connectivity index (χ4n) is 3.45. The van der Waals surface area contributed by atoms with Crippen molar-refractivity contribution in [1.82, 2.24) is 4.90 Å². The van der Waals surface area contributed by atoms with E-state index in [1.54, 1.807) is 0 Å². The zero-order valence-corrected chi connectivity index (χ0v) is 14.7. The van der Waals surface area contributed by atoms with Crippen LogP contribution < -0.4 is 4.74 Å². The van der Waals surface area contributed by atoms with Gasteiger partial charge in [0.15, 0.2) is 0 Å². The monoisotopic (exact) mass is 356 g/mol. The fourth-order valence-corrected chi connectivity index (χ4v) is 4.52. The lowest BCUT2D eigenvalue weighted by molar-refractivity contribution is 0.366. The molecule has 0 aromatic heterocycles. The Bertz CT molecular complexity index is 894. The minimum Gasteiger partial charge on any atom is -0.457 e. The molecule has 0 amide bonds. The molecule has 5 nitrogen and oxygen atoms in total. The lowest BCUT2D eigenvalue weighted by Crippen LogP contribution is -2.46. The van der Waals surface area contributed by atoms with Crippen LogP contribution in [0.4, 0.5) is 0 Å². The standard InChI is InChI=1S/C19H20N2O3S/c22-25(23)13-12-21-11-5-10-18(19(21)20-25)15-6-4-9-17(14-15)24-16-7-2-1-3-8-16/h1-4,6-9,14,18H,5,10-13H2. The number of ether oxygens (including phenoxy) is 1. The van der Waals surface area contributed by atoms with Gasteiger partial charge in [-0.15, -0.1) is 4.40 Å². The summed E-state index contributed by atoms with van der Waals surface area (Å²) in [6.07, 6.45) is 1.94. The second-order valence-corrected chi connectivity index (χ2v) is 8.16. The number of amidine groups is 1. The highest BCUT2D eigenvalue weighted by molar-refractivity contribution is 7.90. The average Bonchev–Trinajstić information content (AvgIpc) is 2.61. The van der Waals surface area contributed by atoms with E-state index in [0.717, 1.165) is 36.4 Å². The second-order valence-electron chi connectivity index (χ2n) is 6.40. The number of sulfonamides is 1. The molecule has 1 fully saturated rings. The molecule has 130 valence electrons. The maximum Gasteiger partial charge on any atom is 0.256 e. The molecular formula is C19H20N2O3S. The number of hydrogen-bond donors (Lipinski definition) is 0. The highest BCUT2D eigenvalue weighted by Crippen LogP contribution is 2.33. The molecule has 2 aromatic rings. The van der Waals surface area contributed by atoms with Gasteiger partial charge in [-0.3, -0.25) is 0 Å². The van der Waals surface area contributed by atoms with E-state index in [2.05, 4.69) is 9.30 Å². The van der Waals surface area contributed by atoms with Crippen molar-refractivity contribution in [2.75, 3.05) is 18.8 Å². The van der Waals surface area contributed by atoms with Gasteiger partial charge in [0, 0.05) is 19.0 Å². The van der Waals surface area contributed by atoms with Crippen LogP contribution in [0.25, 0.3) is 0 Å². The highest BCUT2D eigenvalue weighted by atomic mass is 32.2. The first kappa shape index (κ1) is 16.1. The molecule has 1 saturated heterocycles. The van der Waals surface area contributed by atoms with Crippen LogP contribution in [-0.4, -0.2) is 38.0 Å². The van der Waals surface area contributed by atoms with Crippen molar-refractivity contribution in [3.8, 4) is 11.5 Å². The first-order chi connectivity index (χ1) is 12.1. The Hall–Kier alpha value is -2.34. The van der Waals surface area contributed by atoms with Gasteiger partial charge in [0.2, 0.25) is 0 Å². The molecule has 0 saturated carbocycles. The van der Waals surface area contributed by atoms with E-state index in [0.29, 0.717) is 12.4 Å². The lowest BCUT2D eigenvalue weighted by Gasteiger charge is -2.37. The van der Waals surface area contributed by atoms with Gasteiger partial charge in [0.25, 0.3) is 10.0 Å². The normalized spacial score (nSPS) is 22.0. The van der Waals surface area contributed by atoms with Crippen LogP contribution in [0.15, 0.2) is 59.0 Å². The zero-order chi connectivity index (χ0) is 17.3. The van der Waals surface area contributed by atoms with Crippen LogP contribution in [0, 0.1) is 0 Å². The van der Waals surface area contributed by atoms with Crippen molar-refractivity contribution in [1.29, 1.82) is 0 Å². The Balaban J connectivity index is 1.65. The Morgan fingerprint density at radius 1 is 1.00 bits per heavy atom. The van der Waals surface area contributed by atoms with E-state index in [9.17, 15) is 8.42 Å². The van der Waals surface area contributed by atoms with E-state index in [-0.39, 0.29) is 11.7 Å². The van der Waals surface area contributed by atoms with Crippen molar-refractivity contribution in [2.45, 2.75) is 18.8 Å². The molecule has 1 atom stereocenters. The Morgan fingerprint density at radius 3 is 2.64 bits per heavy atom. The van der Waals surface area contributed by atoms with Gasteiger partial charge in [0.05, 0.1) is 5.75 Å². The largest absolute Gasteiger partial charge is 0.457 e. The summed E-state index contributed by atoms with van der Waals surface area (Å²) in [5, 5.41) is 0. The van der Waals surface area contributed by atoms with Gasteiger partial charge in [-0.1, -0.05) is 30.3 Å². The van der Waals surface area contributed by atoms with Gasteiger partial charge in [-0.2, -0.15) is 0 Å². The number of hydrogen-bond acceptors (Lipinski definition) is 4. The molecule has 2 heterocycles. The van der Waals surface area contributed by atoms with Gasteiger partial charge >= 0.3 is 0 Å². The van der Waals surface area contributed by atoms with Gasteiger partial charge in [-0.25, -0.2) is 8.42 Å². The number of para-hydroxylation sites is 1. The SMILES string of the molecule is O=S1(=O)CCN2CCCC(c3cccc(Oc4ccccc4)c3)C2=N1. The van der Waals surface area contributed by atoms with E-state index < -0.39 is 10.0 Å². The van der Waals surface area contributed by atoms with Crippen molar-refractivity contribution in [2.24, 2.45) is 4.40 Å². The van der Waals surface area contributed by atoms with E-state index in [1.165, 1.54) is 0 Å². The minimum absolute atomic E-state index is 0.00292. The minimum atomic E-state index is -3.34. The van der Waals surface area contributed by atoms with Crippen LogP contribution in [0.5, 0.6) is 11.5 Å². The quantitative estimate of drug-likeness (QED) is 0.846. The summed E-state index contributed by atoms with van der Waals surface area (Å²) in [5.74, 6) is 2.33. The Morgan fingerprint density at radius 2 is 1.80 bits per heavy atom. The third kappa shape index (κ3) is 3.54. The third-order valence-electron chi connectivity index (χ3n) is 4.65. The molecule has 0 N–H and O–H groups in total. The van der Waals surface area contributed by atoms with Crippen molar-refractivity contribution in [3.05, 3.63) is 60.2 Å². The molecule has 2 aromatic carbocycles. The number of benzene rings is 2. The van der Waals surface area contributed by atoms with Gasteiger partial charge in [0.1, 0.15) is 17.3 Å². The highest BCUT2D eigenvalue weighted by Gasteiger charge is 2.33. The molecule has 2 aliphatic rings. The number of nitrogens with zero attached hydrogens (tertiary/aromatic N) is 2. The second kappa shape index (κ2) is 6.52. The maximum atomic E-state index is 12.0. The molecule has 25 heavy (non-hydrogen) atoms. The Kier molecular flexibility index (Phi) is 4.21. The van der Waals surface area contributed by atoms with Crippen molar-refractivity contribution >= 4 is 15.9 Å². The van der Waals surface area contributed by atoms with Crippen molar-refractivity contribution in [3.63, 3.8) is 0 Å². The molecule has 0 spiro atoms. The third-order valence-corrected chi connectivity index (χ3v) is 5.81. The number of rotatable bonds is 3. The van der Waals surface area contributed by atoms with Gasteiger partial charge < -0.3 is 9.64 Å². The zero-order valence-electron chi connectivity index (χ0n) is 13.8. The Labute approximate surface area is 148 Å². The summed E-state index contributed by atoms with van der Waals surface area (Å²) in [5.41, 5.74) is 1.05. The van der Waals surface area contributed by atoms with E-state index in [4.69, 9.17) is 4.74 Å². The van der Waals surface area contributed by atoms with E-state index >= 15 is 0 Å². The van der Waals surface area contributed by atoms with Crippen LogP contribution >= 0.6 is 0 Å². The predicted molar refractivity (Wildman–Crippen MR) is 97.7 cm³/mol. The van der Waals surface area contributed by atoms with Crippen LogP contribution in [0.1, 0.15) is 24.3 Å². The molecule has 2 aliphatic heterocycles. The first-order valence-corrected chi connectivity index (χ1v) is 10.1. The summed E-state index contributed by atoms with van der Waals surface area (Å²) < 4.78 is 33.9. The smallest absolute Gasteiger partial charge is 0.256 e. The molecule has 1 unspecified atom stereocenters. The molecule has 0 aliphatic carbocycles. The van der Waals surface area contributed by atoms with Crippen molar-refractivity contribution < 1.29 is 13.2 Å². The predicted octanol–water partition coefficient (Wildman–Crippen LogP) is 3.40. The van der Waals surface area contributed by atoms with Gasteiger partial charge in [-0.05, 0) is 42.7 Å². The lowest BCUT2D eigenvalue weighted by atomic mass is 9.89.